The van der Waals surface area contributed by atoms with Crippen LogP contribution in [0.1, 0.15) is 19.3 Å². The maximum Gasteiger partial charge on any atom is 0.231 e. The quantitative estimate of drug-likeness (QED) is 0.656. The van der Waals surface area contributed by atoms with Crippen molar-refractivity contribution in [1.82, 2.24) is 9.97 Å². The van der Waals surface area contributed by atoms with Crippen LogP contribution in [0.3, 0.4) is 0 Å². The van der Waals surface area contributed by atoms with Gasteiger partial charge in [-0.05, 0) is 61.7 Å². The van der Waals surface area contributed by atoms with Crippen LogP contribution in [-0.4, -0.2) is 29.9 Å². The van der Waals surface area contributed by atoms with Crippen LogP contribution in [0.5, 0.6) is 11.5 Å². The van der Waals surface area contributed by atoms with E-state index in [1.807, 2.05) is 24.3 Å². The van der Waals surface area contributed by atoms with E-state index in [9.17, 15) is 0 Å². The van der Waals surface area contributed by atoms with Crippen molar-refractivity contribution in [1.29, 1.82) is 0 Å². The van der Waals surface area contributed by atoms with Gasteiger partial charge in [0, 0.05) is 42.4 Å². The number of piperidine rings is 1. The Morgan fingerprint density at radius 3 is 2.45 bits per heavy atom. The van der Waals surface area contributed by atoms with Gasteiger partial charge in [-0.25, -0.2) is 4.98 Å². The molecule has 0 aliphatic carbocycles. The molecule has 7 nitrogen and oxygen atoms in total. The monoisotopic (exact) mass is 389 g/mol. The summed E-state index contributed by atoms with van der Waals surface area (Å²) in [5.74, 6) is 2.73. The summed E-state index contributed by atoms with van der Waals surface area (Å²) in [6.07, 6.45) is 5.62. The lowest BCUT2D eigenvalue weighted by Gasteiger charge is -2.28. The molecule has 3 heterocycles. The zero-order valence-electron chi connectivity index (χ0n) is 16.1. The Hall–Kier alpha value is -3.48. The predicted octanol–water partition coefficient (Wildman–Crippen LogP) is 4.68. The Kier molecular flexibility index (Phi) is 4.78. The SMILES string of the molecule is c1cc(Nc2ccc3c(c2)OCO3)nc(Nc2ccc(N3CCCCC3)cc2)n1. The second-order valence-electron chi connectivity index (χ2n) is 7.18. The highest BCUT2D eigenvalue weighted by molar-refractivity contribution is 5.64. The average molecular weight is 389 g/mol. The lowest BCUT2D eigenvalue weighted by molar-refractivity contribution is 0.174. The average Bonchev–Trinajstić information content (AvgIpc) is 3.23. The molecular formula is C22H23N5O2. The normalized spacial score (nSPS) is 15.2. The first-order valence-corrected chi connectivity index (χ1v) is 9.95. The van der Waals surface area contributed by atoms with E-state index in [0.717, 1.165) is 36.0 Å². The minimum atomic E-state index is 0.261. The van der Waals surface area contributed by atoms with Crippen LogP contribution in [0.15, 0.2) is 54.7 Å². The first kappa shape index (κ1) is 17.6. The van der Waals surface area contributed by atoms with E-state index in [1.54, 1.807) is 6.20 Å². The van der Waals surface area contributed by atoms with Crippen LogP contribution in [0.4, 0.5) is 28.8 Å². The Morgan fingerprint density at radius 2 is 1.59 bits per heavy atom. The zero-order chi connectivity index (χ0) is 19.5. The van der Waals surface area contributed by atoms with Crippen LogP contribution in [-0.2, 0) is 0 Å². The number of hydrogen-bond donors (Lipinski definition) is 2. The van der Waals surface area contributed by atoms with Gasteiger partial charge in [0.2, 0.25) is 12.7 Å². The third-order valence-electron chi connectivity index (χ3n) is 5.15. The van der Waals surface area contributed by atoms with Gasteiger partial charge in [0.25, 0.3) is 0 Å². The number of anilines is 5. The number of benzene rings is 2. The Morgan fingerprint density at radius 1 is 0.793 bits per heavy atom. The third-order valence-corrected chi connectivity index (χ3v) is 5.15. The lowest BCUT2D eigenvalue weighted by atomic mass is 10.1. The first-order valence-electron chi connectivity index (χ1n) is 9.95. The van der Waals surface area contributed by atoms with Crippen molar-refractivity contribution in [3.8, 4) is 11.5 Å². The van der Waals surface area contributed by atoms with E-state index in [2.05, 4.69) is 49.8 Å². The van der Waals surface area contributed by atoms with Crippen LogP contribution in [0.2, 0.25) is 0 Å². The molecule has 29 heavy (non-hydrogen) atoms. The van der Waals surface area contributed by atoms with Gasteiger partial charge in [0.15, 0.2) is 11.5 Å². The summed E-state index contributed by atoms with van der Waals surface area (Å²) in [6.45, 7) is 2.55. The molecule has 0 spiro atoms. The molecule has 2 aliphatic rings. The van der Waals surface area contributed by atoms with Crippen molar-refractivity contribution < 1.29 is 9.47 Å². The first-order chi connectivity index (χ1) is 14.3. The number of fused-ring (bicyclic) bond motifs is 1. The van der Waals surface area contributed by atoms with Gasteiger partial charge in [-0.1, -0.05) is 0 Å². The number of hydrogen-bond acceptors (Lipinski definition) is 7. The summed E-state index contributed by atoms with van der Waals surface area (Å²) >= 11 is 0. The Bertz CT molecular complexity index is 987. The highest BCUT2D eigenvalue weighted by Crippen LogP contribution is 2.35. The molecule has 0 radical (unpaired) electrons. The van der Waals surface area contributed by atoms with Crippen molar-refractivity contribution >= 4 is 28.8 Å². The molecule has 0 amide bonds. The van der Waals surface area contributed by atoms with Crippen molar-refractivity contribution in [2.45, 2.75) is 19.3 Å². The summed E-state index contributed by atoms with van der Waals surface area (Å²) in [6, 6.07) is 16.0. The molecule has 2 aromatic carbocycles. The molecule has 1 fully saturated rings. The summed E-state index contributed by atoms with van der Waals surface area (Å²) < 4.78 is 10.8. The van der Waals surface area contributed by atoms with Crippen LogP contribution in [0.25, 0.3) is 0 Å². The maximum absolute atomic E-state index is 5.42. The molecule has 1 aromatic heterocycles. The predicted molar refractivity (Wildman–Crippen MR) is 114 cm³/mol. The van der Waals surface area contributed by atoms with Gasteiger partial charge in [-0.2, -0.15) is 4.98 Å². The highest BCUT2D eigenvalue weighted by Gasteiger charge is 2.14. The van der Waals surface area contributed by atoms with Gasteiger partial charge in [0.05, 0.1) is 0 Å². The van der Waals surface area contributed by atoms with Crippen molar-refractivity contribution in [2.24, 2.45) is 0 Å². The molecule has 0 atom stereocenters. The number of aromatic nitrogens is 2. The van der Waals surface area contributed by atoms with Crippen LogP contribution >= 0.6 is 0 Å². The van der Waals surface area contributed by atoms with Crippen molar-refractivity contribution in [2.75, 3.05) is 35.4 Å². The number of nitrogens with one attached hydrogen (secondary N) is 2. The van der Waals surface area contributed by atoms with E-state index in [1.165, 1.54) is 24.9 Å². The largest absolute Gasteiger partial charge is 0.454 e. The zero-order valence-corrected chi connectivity index (χ0v) is 16.1. The van der Waals surface area contributed by atoms with Gasteiger partial charge in [0.1, 0.15) is 5.82 Å². The molecule has 2 N–H and O–H groups in total. The fourth-order valence-corrected chi connectivity index (χ4v) is 3.65. The number of ether oxygens (including phenoxy) is 2. The molecule has 7 heteroatoms. The fraction of sp³-hybridized carbons (Fsp3) is 0.273. The van der Waals surface area contributed by atoms with E-state index in [0.29, 0.717) is 11.8 Å². The minimum absolute atomic E-state index is 0.261. The fourth-order valence-electron chi connectivity index (χ4n) is 3.65. The Balaban J connectivity index is 1.26. The molecular weight excluding hydrogens is 366 g/mol. The smallest absolute Gasteiger partial charge is 0.231 e. The molecule has 5 rings (SSSR count). The lowest BCUT2D eigenvalue weighted by Crippen LogP contribution is -2.29. The van der Waals surface area contributed by atoms with Crippen molar-refractivity contribution in [3.63, 3.8) is 0 Å². The van der Waals surface area contributed by atoms with E-state index in [4.69, 9.17) is 9.47 Å². The van der Waals surface area contributed by atoms with Crippen LogP contribution in [0, 0.1) is 0 Å². The second-order valence-corrected chi connectivity index (χ2v) is 7.18. The summed E-state index contributed by atoms with van der Waals surface area (Å²) in [4.78, 5) is 11.3. The van der Waals surface area contributed by atoms with E-state index in [-0.39, 0.29) is 6.79 Å². The second kappa shape index (κ2) is 7.87. The summed E-state index contributed by atoms with van der Waals surface area (Å²) in [5.41, 5.74) is 3.12. The maximum atomic E-state index is 5.42. The number of rotatable bonds is 5. The topological polar surface area (TPSA) is 71.5 Å². The molecule has 0 unspecified atom stereocenters. The molecule has 0 bridgehead atoms. The van der Waals surface area contributed by atoms with E-state index < -0.39 is 0 Å². The minimum Gasteiger partial charge on any atom is -0.454 e. The number of nitrogens with zero attached hydrogens (tertiary/aromatic N) is 3. The summed E-state index contributed by atoms with van der Waals surface area (Å²) in [5, 5.41) is 6.56. The van der Waals surface area contributed by atoms with Gasteiger partial charge in [-0.15, -0.1) is 0 Å². The van der Waals surface area contributed by atoms with Crippen LogP contribution < -0.4 is 25.0 Å². The third kappa shape index (κ3) is 4.03. The van der Waals surface area contributed by atoms with Crippen molar-refractivity contribution in [3.05, 3.63) is 54.7 Å². The van der Waals surface area contributed by atoms with Gasteiger partial charge >= 0.3 is 0 Å². The highest BCUT2D eigenvalue weighted by atomic mass is 16.7. The molecule has 148 valence electrons. The molecule has 3 aromatic rings. The molecule has 0 saturated carbocycles. The summed E-state index contributed by atoms with van der Waals surface area (Å²) in [7, 11) is 0. The van der Waals surface area contributed by atoms with Gasteiger partial charge in [-0.3, -0.25) is 0 Å². The molecule has 1 saturated heterocycles. The van der Waals surface area contributed by atoms with E-state index >= 15 is 0 Å². The standard InChI is InChI=1S/C22H23N5O2/c1-2-12-27(13-3-1)18-7-4-16(5-8-18)25-22-23-11-10-21(26-22)24-17-6-9-19-20(14-17)29-15-28-19/h4-11,14H,1-3,12-13,15H2,(H2,23,24,25,26). The van der Waals surface area contributed by atoms with Gasteiger partial charge < -0.3 is 25.0 Å². The molecule has 2 aliphatic heterocycles. The Labute approximate surface area is 169 Å².